The Morgan fingerprint density at radius 2 is 1.90 bits per heavy atom. The van der Waals surface area contributed by atoms with E-state index in [1.54, 1.807) is 0 Å². The van der Waals surface area contributed by atoms with Gasteiger partial charge in [-0.05, 0) is 39.9 Å². The number of rotatable bonds is 7. The summed E-state index contributed by atoms with van der Waals surface area (Å²) in [6.45, 7) is 12.1. The molecule has 0 aromatic rings. The Bertz CT molecular complexity index is 345. The first-order chi connectivity index (χ1) is 9.83. The molecule has 2 fully saturated rings. The lowest BCUT2D eigenvalue weighted by Crippen LogP contribution is -2.80. The Hall–Kier alpha value is -0.160. The summed E-state index contributed by atoms with van der Waals surface area (Å²) in [7, 11) is 4.28. The second kappa shape index (κ2) is 6.53. The molecule has 4 nitrogen and oxygen atoms in total. The summed E-state index contributed by atoms with van der Waals surface area (Å²) in [5, 5.41) is 0. The zero-order valence-corrected chi connectivity index (χ0v) is 14.7. The highest BCUT2D eigenvalue weighted by molar-refractivity contribution is 5.20. The first kappa shape index (κ1) is 17.2. The van der Waals surface area contributed by atoms with Gasteiger partial charge >= 0.3 is 0 Å². The van der Waals surface area contributed by atoms with Gasteiger partial charge in [0.25, 0.3) is 0 Å². The lowest BCUT2D eigenvalue weighted by atomic mass is 9.46. The highest BCUT2D eigenvalue weighted by atomic mass is 16.5. The van der Waals surface area contributed by atoms with Crippen LogP contribution in [-0.2, 0) is 4.74 Å². The van der Waals surface area contributed by atoms with Gasteiger partial charge in [0.15, 0.2) is 0 Å². The minimum Gasteiger partial charge on any atom is -0.377 e. The summed E-state index contributed by atoms with van der Waals surface area (Å²) < 4.78 is 6.02. The molecule has 0 aromatic carbocycles. The molecule has 1 saturated heterocycles. The molecule has 0 radical (unpaired) electrons. The van der Waals surface area contributed by atoms with Crippen molar-refractivity contribution >= 4 is 0 Å². The van der Waals surface area contributed by atoms with Crippen LogP contribution in [0.2, 0.25) is 0 Å². The van der Waals surface area contributed by atoms with Crippen LogP contribution in [0.25, 0.3) is 0 Å². The second-order valence-electron chi connectivity index (χ2n) is 7.88. The number of likely N-dealkylation sites (N-methyl/N-ethyl adjacent to an activating group) is 1. The van der Waals surface area contributed by atoms with Crippen LogP contribution in [0.15, 0.2) is 0 Å². The fourth-order valence-electron chi connectivity index (χ4n) is 4.29. The third kappa shape index (κ3) is 3.14. The summed E-state index contributed by atoms with van der Waals surface area (Å²) in [6.07, 6.45) is 3.96. The molecule has 0 bridgehead atoms. The smallest absolute Gasteiger partial charge is 0.0690 e. The molecule has 3 atom stereocenters. The lowest BCUT2D eigenvalue weighted by Gasteiger charge is -2.67. The first-order valence-electron chi connectivity index (χ1n) is 8.60. The molecule has 4 heteroatoms. The highest BCUT2D eigenvalue weighted by Gasteiger charge is 2.66. The fourth-order valence-corrected chi connectivity index (χ4v) is 4.29. The highest BCUT2D eigenvalue weighted by Crippen LogP contribution is 2.57. The molecular formula is C17H35N3O. The van der Waals surface area contributed by atoms with Gasteiger partial charge in [-0.1, -0.05) is 20.8 Å². The van der Waals surface area contributed by atoms with E-state index in [9.17, 15) is 0 Å². The maximum atomic E-state index is 6.94. The van der Waals surface area contributed by atoms with E-state index in [2.05, 4.69) is 44.7 Å². The van der Waals surface area contributed by atoms with E-state index in [1.165, 1.54) is 19.3 Å². The molecule has 124 valence electrons. The molecule has 21 heavy (non-hydrogen) atoms. The molecule has 3 unspecified atom stereocenters. The van der Waals surface area contributed by atoms with Crippen molar-refractivity contribution in [2.45, 2.75) is 51.7 Å². The van der Waals surface area contributed by atoms with Crippen LogP contribution in [0, 0.1) is 11.3 Å². The summed E-state index contributed by atoms with van der Waals surface area (Å²) in [6, 6.07) is 0. The van der Waals surface area contributed by atoms with Gasteiger partial charge in [-0.15, -0.1) is 0 Å². The van der Waals surface area contributed by atoms with Gasteiger partial charge in [0.1, 0.15) is 0 Å². The Labute approximate surface area is 131 Å². The zero-order chi connectivity index (χ0) is 15.7. The maximum absolute atomic E-state index is 6.94. The predicted octanol–water partition coefficient (Wildman–Crippen LogP) is 1.79. The van der Waals surface area contributed by atoms with E-state index in [-0.39, 0.29) is 11.0 Å². The fraction of sp³-hybridized carbons (Fsp3) is 1.00. The van der Waals surface area contributed by atoms with Crippen molar-refractivity contribution in [1.29, 1.82) is 0 Å². The van der Waals surface area contributed by atoms with Crippen LogP contribution in [0.5, 0.6) is 0 Å². The molecular weight excluding hydrogens is 262 g/mol. The van der Waals surface area contributed by atoms with Crippen molar-refractivity contribution in [1.82, 2.24) is 9.80 Å². The van der Waals surface area contributed by atoms with Crippen molar-refractivity contribution < 1.29 is 4.74 Å². The molecule has 1 heterocycles. The number of nitrogens with zero attached hydrogens (tertiary/aromatic N) is 2. The average molecular weight is 297 g/mol. The Kier molecular flexibility index (Phi) is 5.35. The molecule has 2 aliphatic rings. The third-order valence-electron chi connectivity index (χ3n) is 5.78. The topological polar surface area (TPSA) is 41.7 Å². The van der Waals surface area contributed by atoms with Crippen molar-refractivity contribution in [3.8, 4) is 0 Å². The molecule has 2 rings (SSSR count). The van der Waals surface area contributed by atoms with Gasteiger partial charge in [0.05, 0.1) is 6.10 Å². The van der Waals surface area contributed by atoms with Gasteiger partial charge in [-0.25, -0.2) is 0 Å². The average Bonchev–Trinajstić information content (AvgIpc) is 2.44. The zero-order valence-electron chi connectivity index (χ0n) is 14.7. The maximum Gasteiger partial charge on any atom is 0.0690 e. The normalized spacial score (nSPS) is 34.9. The predicted molar refractivity (Wildman–Crippen MR) is 88.4 cm³/mol. The van der Waals surface area contributed by atoms with Crippen LogP contribution in [0.3, 0.4) is 0 Å². The summed E-state index contributed by atoms with van der Waals surface area (Å²) in [4.78, 5) is 4.82. The quantitative estimate of drug-likeness (QED) is 0.778. The molecule has 1 aliphatic heterocycles. The van der Waals surface area contributed by atoms with Crippen LogP contribution in [0.1, 0.15) is 40.0 Å². The Morgan fingerprint density at radius 1 is 1.19 bits per heavy atom. The summed E-state index contributed by atoms with van der Waals surface area (Å²) in [5.41, 5.74) is 6.93. The molecule has 2 N–H and O–H groups in total. The van der Waals surface area contributed by atoms with Crippen LogP contribution >= 0.6 is 0 Å². The summed E-state index contributed by atoms with van der Waals surface area (Å²) in [5.74, 6) is 0.542. The number of hydrogen-bond donors (Lipinski definition) is 1. The molecule has 1 aliphatic carbocycles. The number of hydrogen-bond acceptors (Lipinski definition) is 4. The SMILES string of the molecule is CCCN(CCN(C)C)CC1(N)C2CCCOC2C1(C)C. The molecule has 1 saturated carbocycles. The van der Waals surface area contributed by atoms with Gasteiger partial charge in [0, 0.05) is 43.1 Å². The second-order valence-corrected chi connectivity index (χ2v) is 7.88. The van der Waals surface area contributed by atoms with Crippen LogP contribution in [-0.4, -0.2) is 68.3 Å². The van der Waals surface area contributed by atoms with Crippen LogP contribution in [0.4, 0.5) is 0 Å². The van der Waals surface area contributed by atoms with E-state index < -0.39 is 0 Å². The monoisotopic (exact) mass is 297 g/mol. The van der Waals surface area contributed by atoms with Crippen molar-refractivity contribution in [2.24, 2.45) is 17.1 Å². The third-order valence-corrected chi connectivity index (χ3v) is 5.78. The number of nitrogens with two attached hydrogens (primary N) is 1. The largest absolute Gasteiger partial charge is 0.377 e. The van der Waals surface area contributed by atoms with Gasteiger partial charge in [-0.3, -0.25) is 0 Å². The van der Waals surface area contributed by atoms with E-state index in [1.807, 2.05) is 0 Å². The van der Waals surface area contributed by atoms with Gasteiger partial charge < -0.3 is 20.3 Å². The molecule has 0 amide bonds. The summed E-state index contributed by atoms with van der Waals surface area (Å²) >= 11 is 0. The van der Waals surface area contributed by atoms with E-state index in [0.29, 0.717) is 12.0 Å². The molecule has 0 aromatic heterocycles. The Balaban J connectivity index is 2.03. The van der Waals surface area contributed by atoms with Crippen LogP contribution < -0.4 is 5.73 Å². The minimum absolute atomic E-state index is 0.0855. The van der Waals surface area contributed by atoms with E-state index in [4.69, 9.17) is 10.5 Å². The first-order valence-corrected chi connectivity index (χ1v) is 8.60. The minimum atomic E-state index is -0.0976. The molecule has 0 spiro atoms. The van der Waals surface area contributed by atoms with Crippen molar-refractivity contribution in [3.63, 3.8) is 0 Å². The van der Waals surface area contributed by atoms with Crippen molar-refractivity contribution in [3.05, 3.63) is 0 Å². The lowest BCUT2D eigenvalue weighted by molar-refractivity contribution is -0.232. The van der Waals surface area contributed by atoms with Crippen molar-refractivity contribution in [2.75, 3.05) is 46.9 Å². The van der Waals surface area contributed by atoms with E-state index >= 15 is 0 Å². The van der Waals surface area contributed by atoms with Gasteiger partial charge in [-0.2, -0.15) is 0 Å². The standard InChI is InChI=1S/C17H35N3O/c1-6-9-20(11-10-19(4)5)13-17(18)14-8-7-12-21-15(14)16(17,2)3/h14-15H,6-13,18H2,1-5H3. The number of ether oxygens (including phenoxy) is 1. The van der Waals surface area contributed by atoms with Gasteiger partial charge in [0.2, 0.25) is 0 Å². The van der Waals surface area contributed by atoms with E-state index in [0.717, 1.165) is 32.8 Å². The number of fused-ring (bicyclic) bond motifs is 1. The Morgan fingerprint density at radius 3 is 2.52 bits per heavy atom.